The number of hydrogen-bond acceptors (Lipinski definition) is 6. The fourth-order valence-electron chi connectivity index (χ4n) is 3.51. The average Bonchev–Trinajstić information content (AvgIpc) is 3.22. The Morgan fingerprint density at radius 1 is 1.18 bits per heavy atom. The molecule has 0 saturated carbocycles. The number of H-pyrrole nitrogens is 1. The zero-order chi connectivity index (χ0) is 19.3. The van der Waals surface area contributed by atoms with Gasteiger partial charge in [0.05, 0.1) is 6.54 Å². The van der Waals surface area contributed by atoms with Crippen LogP contribution in [0.3, 0.4) is 0 Å². The van der Waals surface area contributed by atoms with E-state index >= 15 is 0 Å². The van der Waals surface area contributed by atoms with Gasteiger partial charge in [0.15, 0.2) is 0 Å². The maximum Gasteiger partial charge on any atom is 0.248 e. The van der Waals surface area contributed by atoms with Gasteiger partial charge < -0.3 is 15.5 Å². The fraction of sp³-hybridized carbons (Fsp3) is 0.300. The van der Waals surface area contributed by atoms with Crippen molar-refractivity contribution >= 4 is 5.91 Å². The number of benzene rings is 1. The van der Waals surface area contributed by atoms with Crippen LogP contribution in [0.1, 0.15) is 40.6 Å². The van der Waals surface area contributed by atoms with Crippen molar-refractivity contribution in [2.24, 2.45) is 5.73 Å². The largest absolute Gasteiger partial charge is 0.437 e. The molecule has 2 aromatic heterocycles. The molecule has 8 nitrogen and oxygen atoms in total. The summed E-state index contributed by atoms with van der Waals surface area (Å²) >= 11 is 0. The van der Waals surface area contributed by atoms with Gasteiger partial charge in [-0.05, 0) is 43.7 Å². The summed E-state index contributed by atoms with van der Waals surface area (Å²) in [6.45, 7) is 2.69. The molecule has 1 fully saturated rings. The zero-order valence-corrected chi connectivity index (χ0v) is 15.4. The minimum absolute atomic E-state index is 0.234. The first-order valence-electron chi connectivity index (χ1n) is 9.28. The monoisotopic (exact) mass is 378 g/mol. The molecule has 3 heterocycles. The minimum Gasteiger partial charge on any atom is -0.437 e. The highest BCUT2D eigenvalue weighted by Gasteiger charge is 2.26. The Morgan fingerprint density at radius 2 is 2.00 bits per heavy atom. The summed E-state index contributed by atoms with van der Waals surface area (Å²) in [4.78, 5) is 30.0. The van der Waals surface area contributed by atoms with Gasteiger partial charge in [-0.2, -0.15) is 0 Å². The summed E-state index contributed by atoms with van der Waals surface area (Å²) in [6, 6.07) is 6.70. The highest BCUT2D eigenvalue weighted by molar-refractivity contribution is 5.92. The predicted octanol–water partition coefficient (Wildman–Crippen LogP) is 2.47. The van der Waals surface area contributed by atoms with Gasteiger partial charge in [-0.1, -0.05) is 0 Å². The number of carbonyl (C=O) groups is 1. The highest BCUT2D eigenvalue weighted by Crippen LogP contribution is 2.32. The van der Waals surface area contributed by atoms with E-state index in [9.17, 15) is 4.79 Å². The van der Waals surface area contributed by atoms with Crippen molar-refractivity contribution in [2.45, 2.75) is 25.3 Å². The van der Waals surface area contributed by atoms with Gasteiger partial charge in [-0.25, -0.2) is 9.97 Å². The van der Waals surface area contributed by atoms with E-state index in [-0.39, 0.29) is 5.92 Å². The van der Waals surface area contributed by atoms with E-state index in [4.69, 9.17) is 10.5 Å². The smallest absolute Gasteiger partial charge is 0.248 e. The maximum absolute atomic E-state index is 11.2. The summed E-state index contributed by atoms with van der Waals surface area (Å²) < 4.78 is 5.98. The standard InChI is InChI=1S/C20H22N6O2/c21-19(27)14-3-5-16(6-4-14)28-20-18(24-9-10-25-20)15-2-1-11-26(12-15)13-17-22-7-8-23-17/h3-10,15H,1-2,11-13H2,(H2,21,27)(H,22,23)/t15-/m1/s1. The van der Waals surface area contributed by atoms with Crippen LogP contribution in [0.4, 0.5) is 0 Å². The molecule has 0 unspecified atom stereocenters. The first-order valence-corrected chi connectivity index (χ1v) is 9.28. The Bertz CT molecular complexity index is 926. The van der Waals surface area contributed by atoms with E-state index in [2.05, 4.69) is 24.8 Å². The number of amides is 1. The van der Waals surface area contributed by atoms with E-state index in [0.717, 1.165) is 44.0 Å². The van der Waals surface area contributed by atoms with Gasteiger partial charge >= 0.3 is 0 Å². The number of nitrogens with one attached hydrogen (secondary N) is 1. The van der Waals surface area contributed by atoms with Crippen molar-refractivity contribution in [1.29, 1.82) is 0 Å². The number of likely N-dealkylation sites (tertiary alicyclic amines) is 1. The molecule has 4 rings (SSSR count). The average molecular weight is 378 g/mol. The predicted molar refractivity (Wildman–Crippen MR) is 103 cm³/mol. The van der Waals surface area contributed by atoms with Crippen LogP contribution >= 0.6 is 0 Å². The number of carbonyl (C=O) groups excluding carboxylic acids is 1. The second kappa shape index (κ2) is 8.18. The third-order valence-electron chi connectivity index (χ3n) is 4.86. The van der Waals surface area contributed by atoms with E-state index in [1.807, 2.05) is 6.20 Å². The second-order valence-electron chi connectivity index (χ2n) is 6.85. The molecular weight excluding hydrogens is 356 g/mol. The number of ether oxygens (including phenoxy) is 1. The maximum atomic E-state index is 11.2. The Morgan fingerprint density at radius 3 is 2.75 bits per heavy atom. The van der Waals surface area contributed by atoms with Crippen LogP contribution in [0.2, 0.25) is 0 Å². The van der Waals surface area contributed by atoms with E-state index < -0.39 is 5.91 Å². The van der Waals surface area contributed by atoms with Crippen LogP contribution in [0.5, 0.6) is 11.6 Å². The summed E-state index contributed by atoms with van der Waals surface area (Å²) in [5, 5.41) is 0. The molecule has 1 amide bonds. The molecule has 28 heavy (non-hydrogen) atoms. The van der Waals surface area contributed by atoms with Crippen molar-refractivity contribution in [3.63, 3.8) is 0 Å². The zero-order valence-electron chi connectivity index (χ0n) is 15.4. The van der Waals surface area contributed by atoms with Gasteiger partial charge in [-0.3, -0.25) is 14.7 Å². The molecule has 0 aliphatic carbocycles. The lowest BCUT2D eigenvalue weighted by molar-refractivity contribution is 0.100. The minimum atomic E-state index is -0.467. The summed E-state index contributed by atoms with van der Waals surface area (Å²) in [5.41, 5.74) is 6.58. The third-order valence-corrected chi connectivity index (χ3v) is 4.86. The van der Waals surface area contributed by atoms with Crippen LogP contribution < -0.4 is 10.5 Å². The van der Waals surface area contributed by atoms with Crippen molar-refractivity contribution in [2.75, 3.05) is 13.1 Å². The van der Waals surface area contributed by atoms with Crippen molar-refractivity contribution in [3.8, 4) is 11.6 Å². The van der Waals surface area contributed by atoms with Crippen LogP contribution in [-0.4, -0.2) is 43.8 Å². The van der Waals surface area contributed by atoms with E-state index in [0.29, 0.717) is 17.2 Å². The van der Waals surface area contributed by atoms with Gasteiger partial charge in [0.1, 0.15) is 17.3 Å². The lowest BCUT2D eigenvalue weighted by Crippen LogP contribution is -2.34. The van der Waals surface area contributed by atoms with Gasteiger partial charge in [0.2, 0.25) is 11.8 Å². The lowest BCUT2D eigenvalue weighted by Gasteiger charge is -2.32. The number of nitrogens with zero attached hydrogens (tertiary/aromatic N) is 4. The van der Waals surface area contributed by atoms with Gasteiger partial charge in [-0.15, -0.1) is 0 Å². The van der Waals surface area contributed by atoms with E-state index in [1.54, 1.807) is 42.9 Å². The Labute approximate surface area is 162 Å². The summed E-state index contributed by atoms with van der Waals surface area (Å²) in [7, 11) is 0. The first-order chi connectivity index (χ1) is 13.7. The molecule has 3 N–H and O–H groups in total. The molecule has 0 bridgehead atoms. The number of rotatable bonds is 6. The van der Waals surface area contributed by atoms with E-state index in [1.165, 1.54) is 0 Å². The first kappa shape index (κ1) is 18.1. The molecule has 1 aliphatic heterocycles. The fourth-order valence-corrected chi connectivity index (χ4v) is 3.51. The van der Waals surface area contributed by atoms with Crippen molar-refractivity contribution in [1.82, 2.24) is 24.8 Å². The number of aromatic nitrogens is 4. The van der Waals surface area contributed by atoms with Gasteiger partial charge in [0.25, 0.3) is 0 Å². The normalized spacial score (nSPS) is 17.4. The van der Waals surface area contributed by atoms with Crippen LogP contribution in [-0.2, 0) is 6.54 Å². The van der Waals surface area contributed by atoms with Crippen LogP contribution in [0.25, 0.3) is 0 Å². The van der Waals surface area contributed by atoms with Crippen molar-refractivity contribution in [3.05, 3.63) is 66.1 Å². The van der Waals surface area contributed by atoms with Gasteiger partial charge in [0, 0.05) is 42.8 Å². The van der Waals surface area contributed by atoms with Crippen LogP contribution in [0, 0.1) is 0 Å². The summed E-state index contributed by atoms with van der Waals surface area (Å²) in [6.07, 6.45) is 9.05. The van der Waals surface area contributed by atoms with Crippen molar-refractivity contribution < 1.29 is 9.53 Å². The SMILES string of the molecule is NC(=O)c1ccc(Oc2nccnc2[C@@H]2CCCN(Cc3ncc[nH]3)C2)cc1. The molecule has 1 saturated heterocycles. The Kier molecular flexibility index (Phi) is 5.29. The number of aromatic amines is 1. The topological polar surface area (TPSA) is 110 Å². The Balaban J connectivity index is 1.49. The summed E-state index contributed by atoms with van der Waals surface area (Å²) in [5.74, 6) is 1.82. The number of primary amides is 1. The molecule has 1 aromatic carbocycles. The number of piperidine rings is 1. The molecule has 1 atom stereocenters. The lowest BCUT2D eigenvalue weighted by atomic mass is 9.94. The molecule has 8 heteroatoms. The quantitative estimate of drug-likeness (QED) is 0.682. The Hall–Kier alpha value is -3.26. The number of imidazole rings is 1. The molecule has 3 aromatic rings. The van der Waals surface area contributed by atoms with Crippen LogP contribution in [0.15, 0.2) is 49.1 Å². The molecule has 144 valence electrons. The highest BCUT2D eigenvalue weighted by atomic mass is 16.5. The number of hydrogen-bond donors (Lipinski definition) is 2. The molecule has 0 spiro atoms. The molecular formula is C20H22N6O2. The number of nitrogens with two attached hydrogens (primary N) is 1. The second-order valence-corrected chi connectivity index (χ2v) is 6.85. The molecule has 0 radical (unpaired) electrons. The third kappa shape index (κ3) is 4.17. The molecule has 1 aliphatic rings.